The van der Waals surface area contributed by atoms with Crippen molar-refractivity contribution in [3.63, 3.8) is 0 Å². The van der Waals surface area contributed by atoms with Crippen molar-refractivity contribution in [3.8, 4) is 0 Å². The van der Waals surface area contributed by atoms with Crippen molar-refractivity contribution >= 4 is 33.0 Å². The number of rotatable bonds is 5. The van der Waals surface area contributed by atoms with Crippen LogP contribution in [0.1, 0.15) is 18.7 Å². The molecule has 78 valence electrons. The van der Waals surface area contributed by atoms with Crippen LogP contribution in [-0.2, 0) is 11.2 Å². The van der Waals surface area contributed by atoms with Crippen molar-refractivity contribution in [1.82, 2.24) is 5.32 Å². The lowest BCUT2D eigenvalue weighted by Crippen LogP contribution is -2.29. The number of nitrogens with one attached hydrogen (secondary N) is 1. The van der Waals surface area contributed by atoms with E-state index in [0.29, 0.717) is 19.0 Å². The van der Waals surface area contributed by atoms with Gasteiger partial charge >= 0.3 is 0 Å². The zero-order valence-electron chi connectivity index (χ0n) is 8.34. The second kappa shape index (κ2) is 5.63. The molecule has 0 saturated heterocycles. The fourth-order valence-corrected chi connectivity index (χ4v) is 2.53. The van der Waals surface area contributed by atoms with E-state index >= 15 is 0 Å². The summed E-state index contributed by atoms with van der Waals surface area (Å²) in [4.78, 5) is 12.6. The summed E-state index contributed by atoms with van der Waals surface area (Å²) in [5.74, 6) is 0.238. The minimum atomic E-state index is 0.238. The van der Waals surface area contributed by atoms with E-state index in [1.807, 2.05) is 25.3 Å². The number of carbonyl (C=O) groups excluding carboxylic acids is 1. The van der Waals surface area contributed by atoms with Crippen LogP contribution in [0.2, 0.25) is 0 Å². The predicted octanol–water partition coefficient (Wildman–Crippen LogP) is 2.62. The van der Waals surface area contributed by atoms with Gasteiger partial charge in [0.1, 0.15) is 0 Å². The Morgan fingerprint density at radius 1 is 1.64 bits per heavy atom. The van der Waals surface area contributed by atoms with Gasteiger partial charge in [-0.1, -0.05) is 13.8 Å². The van der Waals surface area contributed by atoms with Crippen LogP contribution in [0.4, 0.5) is 0 Å². The third-order valence-electron chi connectivity index (χ3n) is 1.76. The van der Waals surface area contributed by atoms with Crippen molar-refractivity contribution in [2.24, 2.45) is 0 Å². The third-order valence-corrected chi connectivity index (χ3v) is 3.68. The molecule has 14 heavy (non-hydrogen) atoms. The van der Waals surface area contributed by atoms with Crippen LogP contribution in [0.3, 0.4) is 0 Å². The minimum absolute atomic E-state index is 0.238. The van der Waals surface area contributed by atoms with E-state index in [-0.39, 0.29) is 5.78 Å². The van der Waals surface area contributed by atoms with E-state index in [1.165, 1.54) is 0 Å². The summed E-state index contributed by atoms with van der Waals surface area (Å²) in [5.41, 5.74) is 0. The first kappa shape index (κ1) is 11.9. The highest BCUT2D eigenvalue weighted by atomic mass is 79.9. The smallest absolute Gasteiger partial charge is 0.151 e. The first-order valence-electron chi connectivity index (χ1n) is 4.56. The lowest BCUT2D eigenvalue weighted by molar-refractivity contribution is -0.117. The molecule has 0 aromatic carbocycles. The van der Waals surface area contributed by atoms with Gasteiger partial charge in [-0.2, -0.15) is 0 Å². The molecule has 0 aliphatic rings. The molecule has 1 heterocycles. The van der Waals surface area contributed by atoms with Crippen molar-refractivity contribution < 1.29 is 4.79 Å². The molecular formula is C10H14BrNOS. The number of ketones is 1. The molecule has 0 fully saturated rings. The average molecular weight is 276 g/mol. The van der Waals surface area contributed by atoms with E-state index in [1.54, 1.807) is 11.3 Å². The molecule has 1 rings (SSSR count). The molecule has 1 aromatic heterocycles. The first-order chi connectivity index (χ1) is 6.59. The molecule has 4 heteroatoms. The van der Waals surface area contributed by atoms with E-state index in [2.05, 4.69) is 21.2 Å². The number of halogens is 1. The van der Waals surface area contributed by atoms with Gasteiger partial charge in [-0.3, -0.25) is 4.79 Å². The Labute approximate surface area is 96.8 Å². The van der Waals surface area contributed by atoms with Crippen LogP contribution in [0.15, 0.2) is 15.9 Å². The minimum Gasteiger partial charge on any atom is -0.308 e. The van der Waals surface area contributed by atoms with Gasteiger partial charge in [0.2, 0.25) is 0 Å². The van der Waals surface area contributed by atoms with Gasteiger partial charge in [-0.25, -0.2) is 0 Å². The van der Waals surface area contributed by atoms with E-state index in [4.69, 9.17) is 0 Å². The second-order valence-corrected chi connectivity index (χ2v) is 5.30. The fourth-order valence-electron chi connectivity index (χ4n) is 1.01. The standard InChI is InChI=1S/C10H14BrNOS/c1-7(2)12-6-8(13)5-10-9(11)3-4-14-10/h3-4,7,12H,5-6H2,1-2H3. The lowest BCUT2D eigenvalue weighted by atomic mass is 10.2. The van der Waals surface area contributed by atoms with Crippen molar-refractivity contribution in [3.05, 3.63) is 20.8 Å². The molecule has 0 unspecified atom stereocenters. The van der Waals surface area contributed by atoms with E-state index in [9.17, 15) is 4.79 Å². The first-order valence-corrected chi connectivity index (χ1v) is 6.24. The molecule has 0 saturated carbocycles. The fraction of sp³-hybridized carbons (Fsp3) is 0.500. The largest absolute Gasteiger partial charge is 0.308 e. The molecule has 1 N–H and O–H groups in total. The molecule has 0 aliphatic heterocycles. The lowest BCUT2D eigenvalue weighted by Gasteiger charge is -2.06. The van der Waals surface area contributed by atoms with Crippen LogP contribution < -0.4 is 5.32 Å². The Balaban J connectivity index is 2.38. The van der Waals surface area contributed by atoms with Gasteiger partial charge in [-0.15, -0.1) is 11.3 Å². The zero-order chi connectivity index (χ0) is 10.6. The van der Waals surface area contributed by atoms with Crippen LogP contribution in [0.25, 0.3) is 0 Å². The van der Waals surface area contributed by atoms with E-state index < -0.39 is 0 Å². The number of carbonyl (C=O) groups is 1. The van der Waals surface area contributed by atoms with Crippen LogP contribution >= 0.6 is 27.3 Å². The maximum absolute atomic E-state index is 11.5. The van der Waals surface area contributed by atoms with Gasteiger partial charge in [-0.05, 0) is 27.4 Å². The van der Waals surface area contributed by atoms with Crippen LogP contribution in [0.5, 0.6) is 0 Å². The number of hydrogen-bond donors (Lipinski definition) is 1. The van der Waals surface area contributed by atoms with Gasteiger partial charge in [0.25, 0.3) is 0 Å². The van der Waals surface area contributed by atoms with E-state index in [0.717, 1.165) is 9.35 Å². The summed E-state index contributed by atoms with van der Waals surface area (Å²) >= 11 is 5.03. The highest BCUT2D eigenvalue weighted by Gasteiger charge is 2.08. The SMILES string of the molecule is CC(C)NCC(=O)Cc1sccc1Br. The number of Topliss-reactive ketones (excluding diaryl/α,β-unsaturated/α-hetero) is 1. The van der Waals surface area contributed by atoms with Gasteiger partial charge in [0, 0.05) is 21.8 Å². The summed E-state index contributed by atoms with van der Waals surface area (Å²) in [6, 6.07) is 2.34. The van der Waals surface area contributed by atoms with Gasteiger partial charge < -0.3 is 5.32 Å². The molecule has 2 nitrogen and oxygen atoms in total. The highest BCUT2D eigenvalue weighted by molar-refractivity contribution is 9.10. The monoisotopic (exact) mass is 275 g/mol. The van der Waals surface area contributed by atoms with Crippen LogP contribution in [-0.4, -0.2) is 18.4 Å². The summed E-state index contributed by atoms with van der Waals surface area (Å²) in [5, 5.41) is 5.11. The topological polar surface area (TPSA) is 29.1 Å². The predicted molar refractivity (Wildman–Crippen MR) is 63.9 cm³/mol. The van der Waals surface area contributed by atoms with Gasteiger partial charge in [0.15, 0.2) is 5.78 Å². The second-order valence-electron chi connectivity index (χ2n) is 3.44. The molecule has 0 amide bonds. The van der Waals surface area contributed by atoms with Crippen molar-refractivity contribution in [2.45, 2.75) is 26.3 Å². The summed E-state index contributed by atoms with van der Waals surface area (Å²) in [6.07, 6.45) is 0.526. The Bertz CT molecular complexity index is 309. The van der Waals surface area contributed by atoms with Crippen molar-refractivity contribution in [1.29, 1.82) is 0 Å². The molecule has 0 spiro atoms. The summed E-state index contributed by atoms with van der Waals surface area (Å²) < 4.78 is 1.04. The Morgan fingerprint density at radius 2 is 2.36 bits per heavy atom. The molecule has 0 radical (unpaired) electrons. The molecule has 0 atom stereocenters. The molecular weight excluding hydrogens is 262 g/mol. The number of hydrogen-bond acceptors (Lipinski definition) is 3. The summed E-state index contributed by atoms with van der Waals surface area (Å²) in [7, 11) is 0. The normalized spacial score (nSPS) is 10.9. The maximum atomic E-state index is 11.5. The van der Waals surface area contributed by atoms with Gasteiger partial charge in [0.05, 0.1) is 6.54 Å². The molecule has 1 aromatic rings. The quantitative estimate of drug-likeness (QED) is 0.895. The molecule has 0 aliphatic carbocycles. The Hall–Kier alpha value is -0.190. The van der Waals surface area contributed by atoms with Crippen LogP contribution in [0, 0.1) is 0 Å². The van der Waals surface area contributed by atoms with Crippen molar-refractivity contribution in [2.75, 3.05) is 6.54 Å². The average Bonchev–Trinajstić information content (AvgIpc) is 2.49. The summed E-state index contributed by atoms with van der Waals surface area (Å²) in [6.45, 7) is 4.53. The Morgan fingerprint density at radius 3 is 2.86 bits per heavy atom. The zero-order valence-corrected chi connectivity index (χ0v) is 10.7. The maximum Gasteiger partial charge on any atom is 0.151 e. The number of thiophene rings is 1. The molecule has 0 bridgehead atoms. The third kappa shape index (κ3) is 3.90. The Kier molecular flexibility index (Phi) is 4.78. The highest BCUT2D eigenvalue weighted by Crippen LogP contribution is 2.22.